The Hall–Kier alpha value is -3.75. The summed E-state index contributed by atoms with van der Waals surface area (Å²) in [4.78, 5) is 83.0. The lowest BCUT2D eigenvalue weighted by atomic mass is 10.0. The molecule has 0 spiro atoms. The van der Waals surface area contributed by atoms with Gasteiger partial charge in [0.15, 0.2) is 10.9 Å². The maximum atomic E-state index is 13.3. The van der Waals surface area contributed by atoms with Crippen LogP contribution in [0.4, 0.5) is 4.79 Å². The van der Waals surface area contributed by atoms with Crippen LogP contribution in [0, 0.1) is 0 Å². The molecule has 3 N–H and O–H groups in total. The molecule has 3 atom stereocenters. The number of carbonyl (C=O) groups excluding carboxylic acids is 5. The van der Waals surface area contributed by atoms with Gasteiger partial charge in [0.2, 0.25) is 11.8 Å². The number of hydrazine groups is 1. The molecule has 2 fully saturated rings. The summed E-state index contributed by atoms with van der Waals surface area (Å²) in [5.74, 6) is -3.91. The molecule has 194 valence electrons. The number of Topliss-reactive ketones (excluding diaryl/α,β-unsaturated/α-hetero) is 1. The molecule has 2 aliphatic heterocycles. The highest BCUT2D eigenvalue weighted by Gasteiger charge is 2.45. The van der Waals surface area contributed by atoms with Crippen LogP contribution in [0.25, 0.3) is 0 Å². The van der Waals surface area contributed by atoms with Crippen molar-refractivity contribution in [2.24, 2.45) is 0 Å². The van der Waals surface area contributed by atoms with Crippen molar-refractivity contribution in [1.29, 1.82) is 0 Å². The van der Waals surface area contributed by atoms with Crippen molar-refractivity contribution in [2.45, 2.75) is 55.4 Å². The van der Waals surface area contributed by atoms with E-state index in [0.717, 1.165) is 23.9 Å². The Morgan fingerprint density at radius 3 is 2.61 bits per heavy atom. The third-order valence-corrected chi connectivity index (χ3v) is 6.51. The summed E-state index contributed by atoms with van der Waals surface area (Å²) >= 11 is 0.991. The second kappa shape index (κ2) is 12.3. The predicted octanol–water partition coefficient (Wildman–Crippen LogP) is -0.650. The van der Waals surface area contributed by atoms with Crippen LogP contribution < -0.4 is 10.6 Å². The smallest absolute Gasteiger partial charge is 0.407 e. The Bertz CT molecular complexity index is 1020. The number of methoxy groups -OCH3 is 1. The Morgan fingerprint density at radius 2 is 1.94 bits per heavy atom. The van der Waals surface area contributed by atoms with E-state index >= 15 is 0 Å². The van der Waals surface area contributed by atoms with Gasteiger partial charge in [-0.1, -0.05) is 11.8 Å². The number of nitrogens with one attached hydrogen (secondary N) is 2. The summed E-state index contributed by atoms with van der Waals surface area (Å²) in [7, 11) is 1.13. The molecular weight excluding hydrogens is 496 g/mol. The van der Waals surface area contributed by atoms with E-state index in [1.165, 1.54) is 17.4 Å². The lowest BCUT2D eigenvalue weighted by Crippen LogP contribution is -2.64. The van der Waals surface area contributed by atoms with Crippen molar-refractivity contribution in [3.05, 3.63) is 18.5 Å². The van der Waals surface area contributed by atoms with Crippen molar-refractivity contribution in [3.8, 4) is 0 Å². The summed E-state index contributed by atoms with van der Waals surface area (Å²) in [6.07, 6.45) is 2.02. The first kappa shape index (κ1) is 26.8. The van der Waals surface area contributed by atoms with Gasteiger partial charge in [-0.05, 0) is 25.3 Å². The van der Waals surface area contributed by atoms with Crippen LogP contribution in [-0.2, 0) is 28.7 Å². The molecule has 14 nitrogen and oxygen atoms in total. The third-order valence-electron chi connectivity index (χ3n) is 5.61. The number of hydrogen-bond donors (Lipinski definition) is 3. The van der Waals surface area contributed by atoms with Gasteiger partial charge in [0.05, 0.1) is 25.3 Å². The van der Waals surface area contributed by atoms with E-state index in [9.17, 15) is 33.9 Å². The molecule has 0 radical (unpaired) electrons. The lowest BCUT2D eigenvalue weighted by molar-refractivity contribution is -0.176. The average molecular weight is 523 g/mol. The van der Waals surface area contributed by atoms with Gasteiger partial charge in [0.25, 0.3) is 5.91 Å². The van der Waals surface area contributed by atoms with Gasteiger partial charge in [0.1, 0.15) is 12.1 Å². The minimum absolute atomic E-state index is 0.0208. The molecule has 15 heteroatoms. The quantitative estimate of drug-likeness (QED) is 0.276. The summed E-state index contributed by atoms with van der Waals surface area (Å²) < 4.78 is 4.55. The molecule has 4 amide bonds. The van der Waals surface area contributed by atoms with E-state index in [-0.39, 0.29) is 31.6 Å². The molecule has 0 aliphatic carbocycles. The molecule has 36 heavy (non-hydrogen) atoms. The first-order valence-corrected chi connectivity index (χ1v) is 12.1. The van der Waals surface area contributed by atoms with Crippen molar-refractivity contribution < 1.29 is 38.6 Å². The summed E-state index contributed by atoms with van der Waals surface area (Å²) in [5.41, 5.74) is 0. The monoisotopic (exact) mass is 522 g/mol. The molecular formula is C21H26N6O8S. The number of nitrogens with zero attached hydrogens (tertiary/aromatic N) is 4. The van der Waals surface area contributed by atoms with Crippen LogP contribution in [0.2, 0.25) is 0 Å². The highest BCUT2D eigenvalue weighted by atomic mass is 32.2. The second-order valence-corrected chi connectivity index (χ2v) is 8.97. The molecule has 0 bridgehead atoms. The summed E-state index contributed by atoms with van der Waals surface area (Å²) in [6, 6.07) is -2.04. The zero-order valence-corrected chi connectivity index (χ0v) is 20.2. The second-order valence-electron chi connectivity index (χ2n) is 8.03. The Balaban J connectivity index is 1.76. The number of carboxylic acids is 1. The van der Waals surface area contributed by atoms with E-state index < -0.39 is 60.1 Å². The number of aliphatic carboxylic acids is 1. The highest BCUT2D eigenvalue weighted by molar-refractivity contribution is 7.99. The molecule has 0 saturated carbocycles. The predicted molar refractivity (Wildman–Crippen MR) is 122 cm³/mol. The van der Waals surface area contributed by atoms with Crippen molar-refractivity contribution in [3.63, 3.8) is 0 Å². The zero-order chi connectivity index (χ0) is 26.2. The SMILES string of the molecule is COC(=O)NC1CCC(=O)N2CCCC(C(=O)NC(CC(=O)O)C(=O)CSc3ncccn3)N2C1=O. The molecule has 3 heterocycles. The van der Waals surface area contributed by atoms with E-state index in [0.29, 0.717) is 11.6 Å². The molecule has 3 unspecified atom stereocenters. The van der Waals surface area contributed by atoms with Crippen LogP contribution in [-0.4, -0.2) is 98.2 Å². The molecule has 1 aromatic heterocycles. The standard InChI is InChI=1S/C21H26N6O8S/c1-35-21(34)25-12-5-6-16(29)26-9-2-4-14(27(26)19(12)33)18(32)24-13(10-17(30)31)15(28)11-36-20-22-7-3-8-23-20/h3,7-8,12-14H,2,4-6,9-11H2,1H3,(H,24,32)(H,25,34)(H,30,31). The number of carboxylic acid groups (broad SMARTS) is 1. The van der Waals surface area contributed by atoms with Crippen LogP contribution in [0.3, 0.4) is 0 Å². The van der Waals surface area contributed by atoms with E-state index in [2.05, 4.69) is 25.3 Å². The number of carbonyl (C=O) groups is 6. The number of aromatic nitrogens is 2. The van der Waals surface area contributed by atoms with Gasteiger partial charge < -0.3 is 20.5 Å². The summed E-state index contributed by atoms with van der Waals surface area (Å²) in [5, 5.41) is 16.6. The largest absolute Gasteiger partial charge is 0.481 e. The number of thioether (sulfide) groups is 1. The fourth-order valence-corrected chi connectivity index (χ4v) is 4.63. The van der Waals surface area contributed by atoms with Crippen molar-refractivity contribution in [2.75, 3.05) is 19.4 Å². The third kappa shape index (κ3) is 6.68. The van der Waals surface area contributed by atoms with Crippen LogP contribution >= 0.6 is 11.8 Å². The molecule has 2 saturated heterocycles. The van der Waals surface area contributed by atoms with E-state index in [4.69, 9.17) is 0 Å². The molecule has 0 aromatic carbocycles. The fraction of sp³-hybridized carbons (Fsp3) is 0.524. The lowest BCUT2D eigenvalue weighted by Gasteiger charge is -2.43. The van der Waals surface area contributed by atoms with Crippen molar-refractivity contribution >= 4 is 47.3 Å². The minimum atomic E-state index is -1.37. The first-order chi connectivity index (χ1) is 17.2. The van der Waals surface area contributed by atoms with Gasteiger partial charge in [-0.15, -0.1) is 0 Å². The number of ketones is 1. The van der Waals surface area contributed by atoms with Gasteiger partial charge in [0, 0.05) is 25.4 Å². The number of ether oxygens (including phenoxy) is 1. The normalized spacial score (nSPS) is 20.6. The number of hydrogen-bond acceptors (Lipinski definition) is 10. The highest BCUT2D eigenvalue weighted by Crippen LogP contribution is 2.25. The van der Waals surface area contributed by atoms with E-state index in [1.54, 1.807) is 6.07 Å². The number of amides is 4. The van der Waals surface area contributed by atoms with Crippen molar-refractivity contribution in [1.82, 2.24) is 30.6 Å². The molecule has 1 aromatic rings. The topological polar surface area (TPSA) is 188 Å². The van der Waals surface area contributed by atoms with Crippen LogP contribution in [0.15, 0.2) is 23.6 Å². The molecule has 2 aliphatic rings. The minimum Gasteiger partial charge on any atom is -0.481 e. The Morgan fingerprint density at radius 1 is 1.22 bits per heavy atom. The van der Waals surface area contributed by atoms with Crippen LogP contribution in [0.1, 0.15) is 32.1 Å². The first-order valence-electron chi connectivity index (χ1n) is 11.1. The number of fused-ring (bicyclic) bond motifs is 1. The fourth-order valence-electron chi connectivity index (χ4n) is 3.89. The van der Waals surface area contributed by atoms with Gasteiger partial charge >= 0.3 is 12.1 Å². The Kier molecular flexibility index (Phi) is 9.16. The number of rotatable bonds is 9. The maximum absolute atomic E-state index is 13.3. The van der Waals surface area contributed by atoms with Gasteiger partial charge in [-0.25, -0.2) is 19.8 Å². The van der Waals surface area contributed by atoms with Gasteiger partial charge in [-0.3, -0.25) is 29.0 Å². The average Bonchev–Trinajstić information content (AvgIpc) is 2.99. The summed E-state index contributed by atoms with van der Waals surface area (Å²) in [6.45, 7) is 0.199. The maximum Gasteiger partial charge on any atom is 0.407 e. The molecule has 3 rings (SSSR count). The Labute approximate surface area is 210 Å². The van der Waals surface area contributed by atoms with Crippen LogP contribution in [0.5, 0.6) is 0 Å². The number of alkyl carbamates (subject to hydrolysis) is 1. The van der Waals surface area contributed by atoms with Gasteiger partial charge in [-0.2, -0.15) is 0 Å². The zero-order valence-electron chi connectivity index (χ0n) is 19.4. The van der Waals surface area contributed by atoms with E-state index in [1.807, 2.05) is 0 Å².